The van der Waals surface area contributed by atoms with Gasteiger partial charge in [0, 0.05) is 0 Å². The summed E-state index contributed by atoms with van der Waals surface area (Å²) >= 11 is 0. The van der Waals surface area contributed by atoms with Crippen LogP contribution in [0.25, 0.3) is 11.1 Å². The fourth-order valence-electron chi connectivity index (χ4n) is 3.60. The molecule has 3 heteroatoms. The van der Waals surface area contributed by atoms with Crippen molar-refractivity contribution in [1.29, 1.82) is 0 Å². The van der Waals surface area contributed by atoms with E-state index in [2.05, 4.69) is 23.5 Å². The lowest BCUT2D eigenvalue weighted by atomic mass is 9.87. The van der Waals surface area contributed by atoms with E-state index in [9.17, 15) is 9.59 Å². The maximum absolute atomic E-state index is 12.1. The van der Waals surface area contributed by atoms with Gasteiger partial charge in [0.2, 0.25) is 10.9 Å². The maximum atomic E-state index is 12.1. The van der Waals surface area contributed by atoms with Crippen molar-refractivity contribution in [3.05, 3.63) is 85.7 Å². The van der Waals surface area contributed by atoms with E-state index in [1.54, 1.807) is 0 Å². The molecular formula is C21H19NO2. The van der Waals surface area contributed by atoms with Gasteiger partial charge in [-0.3, -0.25) is 9.59 Å². The van der Waals surface area contributed by atoms with E-state index in [1.165, 1.54) is 11.1 Å². The van der Waals surface area contributed by atoms with Crippen molar-refractivity contribution in [2.24, 2.45) is 0 Å². The highest BCUT2D eigenvalue weighted by molar-refractivity contribution is 5.82. The normalized spacial score (nSPS) is 16.8. The molecule has 24 heavy (non-hydrogen) atoms. The summed E-state index contributed by atoms with van der Waals surface area (Å²) < 4.78 is 0. The monoisotopic (exact) mass is 317 g/mol. The predicted molar refractivity (Wildman–Crippen MR) is 97.3 cm³/mol. The summed E-state index contributed by atoms with van der Waals surface area (Å²) in [5.74, 6) is 0. The molecule has 0 saturated heterocycles. The topological polar surface area (TPSA) is 46.2 Å². The highest BCUT2D eigenvalue weighted by Crippen LogP contribution is 2.34. The Morgan fingerprint density at radius 1 is 0.958 bits per heavy atom. The zero-order valence-electron chi connectivity index (χ0n) is 13.6. The Morgan fingerprint density at radius 2 is 1.71 bits per heavy atom. The Bertz CT molecular complexity index is 962. The van der Waals surface area contributed by atoms with Crippen LogP contribution >= 0.6 is 0 Å². The van der Waals surface area contributed by atoms with Gasteiger partial charge in [0.05, 0.1) is 17.3 Å². The molecule has 1 aliphatic carbocycles. The summed E-state index contributed by atoms with van der Waals surface area (Å²) in [6.07, 6.45) is 3.14. The molecule has 0 saturated carbocycles. The van der Waals surface area contributed by atoms with Crippen LogP contribution in [0.1, 0.15) is 35.6 Å². The van der Waals surface area contributed by atoms with Crippen LogP contribution in [0.4, 0.5) is 5.69 Å². The molecular weight excluding hydrogens is 298 g/mol. The minimum absolute atomic E-state index is 0.0995. The zero-order valence-corrected chi connectivity index (χ0v) is 13.6. The lowest BCUT2D eigenvalue weighted by Crippen LogP contribution is -2.37. The minimum atomic E-state index is -0.395. The number of hydrogen-bond donors (Lipinski definition) is 1. The van der Waals surface area contributed by atoms with Gasteiger partial charge in [-0.25, -0.2) is 0 Å². The quantitative estimate of drug-likeness (QED) is 0.748. The number of fused-ring (bicyclic) bond motifs is 1. The average Bonchev–Trinajstić information content (AvgIpc) is 2.62. The van der Waals surface area contributed by atoms with E-state index in [1.807, 2.05) is 37.3 Å². The first-order chi connectivity index (χ1) is 11.6. The number of rotatable bonds is 3. The number of aryl methyl sites for hydroxylation is 2. The Hall–Kier alpha value is -2.68. The molecule has 0 radical (unpaired) electrons. The van der Waals surface area contributed by atoms with E-state index in [-0.39, 0.29) is 11.5 Å². The number of hydrogen-bond acceptors (Lipinski definition) is 3. The molecule has 1 aliphatic rings. The van der Waals surface area contributed by atoms with Crippen molar-refractivity contribution in [2.75, 3.05) is 5.32 Å². The fraction of sp³-hybridized carbons (Fsp3) is 0.238. The Labute approximate surface area is 140 Å². The van der Waals surface area contributed by atoms with E-state index < -0.39 is 5.43 Å². The van der Waals surface area contributed by atoms with Crippen LogP contribution in [0.3, 0.4) is 0 Å². The van der Waals surface area contributed by atoms with Crippen molar-refractivity contribution in [1.82, 2.24) is 0 Å². The lowest BCUT2D eigenvalue weighted by molar-refractivity contribution is 0.599. The predicted octanol–water partition coefficient (Wildman–Crippen LogP) is 3.75. The van der Waals surface area contributed by atoms with E-state index in [4.69, 9.17) is 0 Å². The molecule has 0 aromatic heterocycles. The molecule has 1 atom stereocenters. The van der Waals surface area contributed by atoms with Crippen LogP contribution in [-0.2, 0) is 6.42 Å². The van der Waals surface area contributed by atoms with Crippen LogP contribution in [0.2, 0.25) is 0 Å². The van der Waals surface area contributed by atoms with E-state index in [0.29, 0.717) is 11.3 Å². The van der Waals surface area contributed by atoms with Crippen molar-refractivity contribution in [3.63, 3.8) is 0 Å². The lowest BCUT2D eigenvalue weighted by Gasteiger charge is -2.28. The third-order valence-electron chi connectivity index (χ3n) is 4.94. The van der Waals surface area contributed by atoms with Gasteiger partial charge in [-0.05, 0) is 42.9 Å². The van der Waals surface area contributed by atoms with Gasteiger partial charge in [-0.15, -0.1) is 0 Å². The van der Waals surface area contributed by atoms with Gasteiger partial charge in [-0.1, -0.05) is 54.1 Å². The van der Waals surface area contributed by atoms with Gasteiger partial charge >= 0.3 is 0 Å². The van der Waals surface area contributed by atoms with Crippen LogP contribution in [-0.4, -0.2) is 0 Å². The van der Waals surface area contributed by atoms with Crippen LogP contribution in [0.15, 0.2) is 58.1 Å². The molecule has 4 rings (SSSR count). The third-order valence-corrected chi connectivity index (χ3v) is 4.94. The van der Waals surface area contributed by atoms with E-state index >= 15 is 0 Å². The second kappa shape index (κ2) is 5.75. The first-order valence-electron chi connectivity index (χ1n) is 8.40. The second-order valence-corrected chi connectivity index (χ2v) is 6.56. The van der Waals surface area contributed by atoms with E-state index in [0.717, 1.165) is 30.4 Å². The standard InChI is InChI=1S/C21H19NO2/c1-13-9-11-15(12-10-13)18-19(21(24)20(18)23)22-17-8-4-6-14-5-2-3-7-16(14)17/h2-3,5,7,9-12,17,22H,4,6,8H2,1H3/t17-/m1/s1. The fourth-order valence-corrected chi connectivity index (χ4v) is 3.60. The smallest absolute Gasteiger partial charge is 0.250 e. The van der Waals surface area contributed by atoms with Crippen LogP contribution in [0, 0.1) is 6.92 Å². The molecule has 120 valence electrons. The van der Waals surface area contributed by atoms with Crippen molar-refractivity contribution < 1.29 is 0 Å². The van der Waals surface area contributed by atoms with Gasteiger partial charge < -0.3 is 5.32 Å². The van der Waals surface area contributed by atoms with Crippen LogP contribution in [0.5, 0.6) is 0 Å². The molecule has 0 heterocycles. The first kappa shape index (κ1) is 14.9. The van der Waals surface area contributed by atoms with Gasteiger partial charge in [0.1, 0.15) is 0 Å². The SMILES string of the molecule is Cc1ccc(-c2c(N[C@@H]3CCCc4ccccc43)c(=O)c2=O)cc1. The summed E-state index contributed by atoms with van der Waals surface area (Å²) in [4.78, 5) is 24.2. The molecule has 0 bridgehead atoms. The second-order valence-electron chi connectivity index (χ2n) is 6.56. The third kappa shape index (κ3) is 2.37. The summed E-state index contributed by atoms with van der Waals surface area (Å²) in [5.41, 5.74) is 4.75. The maximum Gasteiger partial charge on any atom is 0.250 e. The molecule has 0 aliphatic heterocycles. The van der Waals surface area contributed by atoms with Crippen molar-refractivity contribution in [2.45, 2.75) is 32.2 Å². The van der Waals surface area contributed by atoms with Crippen molar-refractivity contribution in [3.8, 4) is 11.1 Å². The summed E-state index contributed by atoms with van der Waals surface area (Å²) in [5, 5.41) is 3.36. The Kier molecular flexibility index (Phi) is 3.57. The average molecular weight is 317 g/mol. The summed E-state index contributed by atoms with van der Waals surface area (Å²) in [6, 6.07) is 16.2. The number of nitrogens with one attached hydrogen (secondary N) is 1. The summed E-state index contributed by atoms with van der Waals surface area (Å²) in [6.45, 7) is 2.00. The zero-order chi connectivity index (χ0) is 16.7. The highest BCUT2D eigenvalue weighted by atomic mass is 16.2. The van der Waals surface area contributed by atoms with Gasteiger partial charge in [-0.2, -0.15) is 0 Å². The first-order valence-corrected chi connectivity index (χ1v) is 8.40. The molecule has 0 spiro atoms. The molecule has 3 aromatic carbocycles. The molecule has 3 aromatic rings. The van der Waals surface area contributed by atoms with Gasteiger partial charge in [0.15, 0.2) is 0 Å². The Balaban J connectivity index is 1.70. The Morgan fingerprint density at radius 3 is 2.50 bits per heavy atom. The molecule has 1 N–H and O–H groups in total. The largest absolute Gasteiger partial charge is 0.374 e. The van der Waals surface area contributed by atoms with Crippen LogP contribution < -0.4 is 16.2 Å². The van der Waals surface area contributed by atoms with Gasteiger partial charge in [0.25, 0.3) is 0 Å². The molecule has 0 amide bonds. The number of anilines is 1. The van der Waals surface area contributed by atoms with Crippen molar-refractivity contribution >= 4 is 5.69 Å². The highest BCUT2D eigenvalue weighted by Gasteiger charge is 2.27. The number of benzene rings is 2. The minimum Gasteiger partial charge on any atom is -0.374 e. The molecule has 0 fully saturated rings. The summed E-state index contributed by atoms with van der Waals surface area (Å²) in [7, 11) is 0. The molecule has 3 nitrogen and oxygen atoms in total. The molecule has 0 unspecified atom stereocenters.